The number of aromatic nitrogens is 2. The number of halogens is 1. The van der Waals surface area contributed by atoms with Crippen LogP contribution in [0.15, 0.2) is 76.6 Å². The van der Waals surface area contributed by atoms with E-state index in [4.69, 9.17) is 28.6 Å². The van der Waals surface area contributed by atoms with Gasteiger partial charge in [0.1, 0.15) is 21.3 Å². The average molecular weight is 548 g/mol. The smallest absolute Gasteiger partial charge is 0.269 e. The number of hydrogen-bond acceptors (Lipinski definition) is 6. The third-order valence-corrected chi connectivity index (χ3v) is 7.78. The summed E-state index contributed by atoms with van der Waals surface area (Å²) >= 11 is 12.9. The summed E-state index contributed by atoms with van der Waals surface area (Å²) in [6, 6.07) is 18.6. The number of aryl methyl sites for hydroxylation is 2. The molecule has 0 atom stereocenters. The van der Waals surface area contributed by atoms with E-state index < -0.39 is 0 Å². The van der Waals surface area contributed by atoms with E-state index in [9.17, 15) is 9.59 Å². The van der Waals surface area contributed by atoms with Crippen LogP contribution in [-0.2, 0) is 17.8 Å². The van der Waals surface area contributed by atoms with Gasteiger partial charge in [0.25, 0.3) is 11.5 Å². The lowest BCUT2D eigenvalue weighted by Crippen LogP contribution is -2.27. The summed E-state index contributed by atoms with van der Waals surface area (Å²) in [5.41, 5.74) is 3.08. The van der Waals surface area contributed by atoms with Crippen molar-refractivity contribution in [3.8, 4) is 11.6 Å². The van der Waals surface area contributed by atoms with E-state index in [-0.39, 0.29) is 29.5 Å². The quantitative estimate of drug-likeness (QED) is 0.205. The van der Waals surface area contributed by atoms with Gasteiger partial charge < -0.3 is 4.74 Å². The number of amides is 1. The van der Waals surface area contributed by atoms with Crippen LogP contribution in [-0.4, -0.2) is 24.5 Å². The largest absolute Gasteiger partial charge is 0.438 e. The molecule has 0 N–H and O–H groups in total. The van der Waals surface area contributed by atoms with Gasteiger partial charge in [-0.25, -0.2) is 0 Å². The second kappa shape index (κ2) is 10.5. The van der Waals surface area contributed by atoms with Gasteiger partial charge in [-0.3, -0.25) is 18.9 Å². The summed E-state index contributed by atoms with van der Waals surface area (Å²) < 4.78 is 7.95. The summed E-state index contributed by atoms with van der Waals surface area (Å²) in [6.45, 7) is 4.19. The predicted octanol–water partition coefficient (Wildman–Crippen LogP) is 6.41. The van der Waals surface area contributed by atoms with Crippen molar-refractivity contribution in [1.82, 2.24) is 14.3 Å². The molecule has 1 aliphatic heterocycles. The van der Waals surface area contributed by atoms with Crippen LogP contribution in [0, 0.1) is 6.92 Å². The highest BCUT2D eigenvalue weighted by Crippen LogP contribution is 2.35. The van der Waals surface area contributed by atoms with Crippen LogP contribution in [0.4, 0.5) is 0 Å². The second-order valence-corrected chi connectivity index (χ2v) is 10.6. The van der Waals surface area contributed by atoms with Gasteiger partial charge in [0.15, 0.2) is 0 Å². The van der Waals surface area contributed by atoms with Crippen molar-refractivity contribution in [3.63, 3.8) is 0 Å². The van der Waals surface area contributed by atoms with Crippen LogP contribution in [0.1, 0.15) is 29.2 Å². The maximum absolute atomic E-state index is 13.6. The molecule has 6 nitrogen and oxygen atoms in total. The monoisotopic (exact) mass is 547 g/mol. The molecule has 1 amide bonds. The Bertz CT molecular complexity index is 1630. The summed E-state index contributed by atoms with van der Waals surface area (Å²) in [5.74, 6) is 0.366. The van der Waals surface area contributed by atoms with Crippen molar-refractivity contribution in [3.05, 3.63) is 109 Å². The Balaban J connectivity index is 1.57. The minimum atomic E-state index is -0.342. The number of carbonyl (C=O) groups is 1. The Morgan fingerprint density at radius 1 is 1.08 bits per heavy atom. The summed E-state index contributed by atoms with van der Waals surface area (Å²) in [4.78, 5) is 33.4. The van der Waals surface area contributed by atoms with E-state index in [1.165, 1.54) is 15.4 Å². The fourth-order valence-electron chi connectivity index (χ4n) is 3.96. The van der Waals surface area contributed by atoms with Crippen molar-refractivity contribution >= 4 is 57.5 Å². The zero-order chi connectivity index (χ0) is 26.1. The number of fused-ring (bicyclic) bond motifs is 1. The fraction of sp³-hybridized carbons (Fsp3) is 0.143. The minimum absolute atomic E-state index is 0.125. The van der Waals surface area contributed by atoms with Crippen molar-refractivity contribution < 1.29 is 9.53 Å². The van der Waals surface area contributed by atoms with Crippen LogP contribution in [0.2, 0.25) is 5.02 Å². The molecule has 37 heavy (non-hydrogen) atoms. The third kappa shape index (κ3) is 5.05. The Morgan fingerprint density at radius 3 is 2.57 bits per heavy atom. The van der Waals surface area contributed by atoms with Crippen LogP contribution in [0.25, 0.3) is 11.7 Å². The molecule has 1 saturated heterocycles. The highest BCUT2D eigenvalue weighted by molar-refractivity contribution is 8.26. The van der Waals surface area contributed by atoms with Gasteiger partial charge in [0.05, 0.1) is 11.4 Å². The molecular formula is C28H22ClN3O3S2. The van der Waals surface area contributed by atoms with Crippen LogP contribution >= 0.6 is 35.6 Å². The van der Waals surface area contributed by atoms with E-state index in [1.54, 1.807) is 18.3 Å². The highest BCUT2D eigenvalue weighted by atomic mass is 35.5. The van der Waals surface area contributed by atoms with Gasteiger partial charge in [-0.1, -0.05) is 78.9 Å². The molecule has 0 spiro atoms. The SMILES string of the molecule is CCc1ccc(Oc2nc3c(C)cccn3c(=O)c2/C=C2/SC(=S)N(Cc3ccccc3Cl)C2=O)cc1. The summed E-state index contributed by atoms with van der Waals surface area (Å²) in [7, 11) is 0. The molecule has 0 unspecified atom stereocenters. The Kier molecular flexibility index (Phi) is 7.15. The lowest BCUT2D eigenvalue weighted by molar-refractivity contribution is -0.122. The van der Waals surface area contributed by atoms with E-state index in [1.807, 2.05) is 55.5 Å². The molecule has 1 aliphatic rings. The van der Waals surface area contributed by atoms with Gasteiger partial charge in [0, 0.05) is 11.2 Å². The van der Waals surface area contributed by atoms with Gasteiger partial charge in [-0.05, 0) is 60.4 Å². The van der Waals surface area contributed by atoms with Gasteiger partial charge in [-0.15, -0.1) is 0 Å². The number of carbonyl (C=O) groups excluding carboxylic acids is 1. The van der Waals surface area contributed by atoms with Crippen LogP contribution in [0.3, 0.4) is 0 Å². The van der Waals surface area contributed by atoms with Crippen LogP contribution in [0.5, 0.6) is 11.6 Å². The van der Waals surface area contributed by atoms with E-state index >= 15 is 0 Å². The van der Waals surface area contributed by atoms with E-state index in [0.29, 0.717) is 25.6 Å². The molecule has 0 saturated carbocycles. The molecule has 2 aromatic heterocycles. The normalized spacial score (nSPS) is 14.7. The van der Waals surface area contributed by atoms with E-state index in [0.717, 1.165) is 34.9 Å². The number of thioether (sulfide) groups is 1. The molecule has 0 bridgehead atoms. The third-order valence-electron chi connectivity index (χ3n) is 6.03. The Hall–Kier alpha value is -3.46. The summed E-state index contributed by atoms with van der Waals surface area (Å²) in [5, 5.41) is 0.553. The molecule has 0 aliphatic carbocycles. The zero-order valence-electron chi connectivity index (χ0n) is 20.1. The average Bonchev–Trinajstić information content (AvgIpc) is 3.16. The van der Waals surface area contributed by atoms with Crippen molar-refractivity contribution in [2.24, 2.45) is 0 Å². The lowest BCUT2D eigenvalue weighted by Gasteiger charge is -2.15. The molecule has 0 radical (unpaired) electrons. The van der Waals surface area contributed by atoms with Gasteiger partial charge in [-0.2, -0.15) is 4.98 Å². The van der Waals surface area contributed by atoms with E-state index in [2.05, 4.69) is 11.9 Å². The molecule has 5 rings (SSSR count). The molecule has 2 aromatic carbocycles. The Labute approximate surface area is 228 Å². The number of benzene rings is 2. The first-order valence-corrected chi connectivity index (χ1v) is 13.2. The first kappa shape index (κ1) is 25.2. The maximum atomic E-state index is 13.6. The number of nitrogens with zero attached hydrogens (tertiary/aromatic N) is 3. The standard InChI is InChI=1S/C28H22ClN3O3S2/c1-3-18-10-12-20(13-11-18)35-25-21(26(33)31-14-6-7-17(2)24(31)30-25)15-23-27(34)32(28(36)37-23)16-19-8-4-5-9-22(19)29/h4-15H,3,16H2,1-2H3/b23-15+. The molecule has 1 fully saturated rings. The van der Waals surface area contributed by atoms with Crippen molar-refractivity contribution in [1.29, 1.82) is 0 Å². The van der Waals surface area contributed by atoms with Crippen molar-refractivity contribution in [2.45, 2.75) is 26.8 Å². The first-order valence-electron chi connectivity index (χ1n) is 11.6. The minimum Gasteiger partial charge on any atom is -0.438 e. The topological polar surface area (TPSA) is 63.9 Å². The van der Waals surface area contributed by atoms with Crippen LogP contribution < -0.4 is 10.3 Å². The van der Waals surface area contributed by atoms with Gasteiger partial charge in [0.2, 0.25) is 5.88 Å². The maximum Gasteiger partial charge on any atom is 0.269 e. The molecule has 9 heteroatoms. The number of rotatable bonds is 6. The molecular weight excluding hydrogens is 526 g/mol. The highest BCUT2D eigenvalue weighted by Gasteiger charge is 2.33. The summed E-state index contributed by atoms with van der Waals surface area (Å²) in [6.07, 6.45) is 4.07. The van der Waals surface area contributed by atoms with Crippen molar-refractivity contribution in [2.75, 3.05) is 0 Å². The second-order valence-electron chi connectivity index (χ2n) is 8.48. The number of ether oxygens (including phenoxy) is 1. The Morgan fingerprint density at radius 2 is 1.84 bits per heavy atom. The molecule has 3 heterocycles. The molecule has 4 aromatic rings. The predicted molar refractivity (Wildman–Crippen MR) is 152 cm³/mol. The number of pyridine rings is 1. The lowest BCUT2D eigenvalue weighted by atomic mass is 10.2. The van der Waals surface area contributed by atoms with Gasteiger partial charge >= 0.3 is 0 Å². The number of hydrogen-bond donors (Lipinski definition) is 0. The first-order chi connectivity index (χ1) is 17.9. The fourth-order valence-corrected chi connectivity index (χ4v) is 5.39. The number of thiocarbonyl (C=S) groups is 1. The zero-order valence-corrected chi connectivity index (χ0v) is 22.5. The molecule has 186 valence electrons.